The van der Waals surface area contributed by atoms with Gasteiger partial charge in [-0.25, -0.2) is 9.78 Å². The molecule has 2 rings (SSSR count). The van der Waals surface area contributed by atoms with E-state index in [9.17, 15) is 4.79 Å². The van der Waals surface area contributed by atoms with Crippen LogP contribution in [0.4, 0.5) is 4.79 Å². The smallest absolute Gasteiger partial charge is 0.318 e. The largest absolute Gasteiger partial charge is 0.439 e. The molecule has 2 aromatic rings. The Balaban J connectivity index is 1.98. The molecule has 1 aromatic heterocycles. The summed E-state index contributed by atoms with van der Waals surface area (Å²) in [5, 5.41) is 2.86. The molecule has 22 heavy (non-hydrogen) atoms. The van der Waals surface area contributed by atoms with Gasteiger partial charge in [0.05, 0.1) is 12.7 Å². The Hall–Kier alpha value is -2.30. The van der Waals surface area contributed by atoms with Crippen LogP contribution in [0.2, 0.25) is 0 Å². The van der Waals surface area contributed by atoms with Crippen LogP contribution < -0.4 is 5.32 Å². The molecule has 5 nitrogen and oxygen atoms in total. The van der Waals surface area contributed by atoms with Crippen LogP contribution in [0.1, 0.15) is 33.6 Å². The summed E-state index contributed by atoms with van der Waals surface area (Å²) in [4.78, 5) is 18.2. The lowest BCUT2D eigenvalue weighted by Gasteiger charge is -2.30. The van der Waals surface area contributed by atoms with E-state index in [2.05, 4.69) is 10.3 Å². The van der Waals surface area contributed by atoms with Crippen molar-refractivity contribution in [2.75, 3.05) is 0 Å². The van der Waals surface area contributed by atoms with Crippen LogP contribution in [0.3, 0.4) is 0 Å². The predicted molar refractivity (Wildman–Crippen MR) is 86.3 cm³/mol. The van der Waals surface area contributed by atoms with E-state index in [1.807, 2.05) is 58.0 Å². The summed E-state index contributed by atoms with van der Waals surface area (Å²) >= 11 is 0. The number of carbonyl (C=O) groups excluding carboxylic acids is 1. The Morgan fingerprint density at radius 3 is 2.41 bits per heavy atom. The number of aromatic nitrogens is 1. The van der Waals surface area contributed by atoms with Crippen molar-refractivity contribution in [3.05, 3.63) is 42.4 Å². The number of benzene rings is 1. The lowest BCUT2D eigenvalue weighted by Crippen LogP contribution is -2.47. The molecule has 0 radical (unpaired) electrons. The van der Waals surface area contributed by atoms with Gasteiger partial charge in [-0.3, -0.25) is 0 Å². The molecular weight excluding hydrogens is 278 g/mol. The van der Waals surface area contributed by atoms with E-state index >= 15 is 0 Å². The fourth-order valence-electron chi connectivity index (χ4n) is 2.44. The van der Waals surface area contributed by atoms with Gasteiger partial charge in [0.1, 0.15) is 0 Å². The number of carbonyl (C=O) groups is 1. The van der Waals surface area contributed by atoms with E-state index in [0.29, 0.717) is 11.7 Å². The third-order valence-electron chi connectivity index (χ3n) is 3.35. The summed E-state index contributed by atoms with van der Waals surface area (Å²) in [5.41, 5.74) is 0.971. The van der Waals surface area contributed by atoms with Crippen molar-refractivity contribution in [2.45, 2.75) is 46.3 Å². The number of hydrogen-bond donors (Lipinski definition) is 1. The third kappa shape index (κ3) is 3.87. The van der Waals surface area contributed by atoms with Crippen LogP contribution in [0, 0.1) is 0 Å². The molecule has 0 unspecified atom stereocenters. The number of rotatable bonds is 5. The second-order valence-electron chi connectivity index (χ2n) is 5.74. The molecule has 1 heterocycles. The predicted octanol–water partition coefficient (Wildman–Crippen LogP) is 3.67. The zero-order chi connectivity index (χ0) is 16.1. The van der Waals surface area contributed by atoms with E-state index < -0.39 is 0 Å². The Morgan fingerprint density at radius 2 is 1.82 bits per heavy atom. The lowest BCUT2D eigenvalue weighted by molar-refractivity contribution is 0.163. The topological polar surface area (TPSA) is 58.4 Å². The monoisotopic (exact) mass is 301 g/mol. The third-order valence-corrected chi connectivity index (χ3v) is 3.35. The minimum atomic E-state index is -0.107. The van der Waals surface area contributed by atoms with E-state index in [0.717, 1.165) is 5.56 Å². The fourth-order valence-corrected chi connectivity index (χ4v) is 2.44. The van der Waals surface area contributed by atoms with Gasteiger partial charge in [0, 0.05) is 17.6 Å². The Labute approximate surface area is 131 Å². The van der Waals surface area contributed by atoms with Gasteiger partial charge in [0.15, 0.2) is 5.76 Å². The molecule has 0 bridgehead atoms. The molecule has 0 atom stereocenters. The molecular formula is C17H23N3O2. The minimum Gasteiger partial charge on any atom is -0.439 e. The number of amides is 2. The SMILES string of the molecule is CC(C)N(C(=O)NCc1ncc(-c2ccccc2)o1)C(C)C. The average molecular weight is 301 g/mol. The number of nitrogens with one attached hydrogen (secondary N) is 1. The fraction of sp³-hybridized carbons (Fsp3) is 0.412. The second kappa shape index (κ2) is 7.11. The highest BCUT2D eigenvalue weighted by Crippen LogP contribution is 2.19. The zero-order valence-electron chi connectivity index (χ0n) is 13.5. The van der Waals surface area contributed by atoms with Crippen LogP contribution in [-0.2, 0) is 6.54 Å². The summed E-state index contributed by atoms with van der Waals surface area (Å²) in [6.45, 7) is 8.27. The summed E-state index contributed by atoms with van der Waals surface area (Å²) < 4.78 is 5.68. The molecule has 5 heteroatoms. The summed E-state index contributed by atoms with van der Waals surface area (Å²) in [6.07, 6.45) is 1.68. The number of nitrogens with zero attached hydrogens (tertiary/aromatic N) is 2. The second-order valence-corrected chi connectivity index (χ2v) is 5.74. The highest BCUT2D eigenvalue weighted by atomic mass is 16.4. The van der Waals surface area contributed by atoms with Crippen LogP contribution >= 0.6 is 0 Å². The van der Waals surface area contributed by atoms with E-state index in [4.69, 9.17) is 4.42 Å². The summed E-state index contributed by atoms with van der Waals surface area (Å²) in [7, 11) is 0. The molecule has 0 aliphatic carbocycles. The van der Waals surface area contributed by atoms with Gasteiger partial charge in [-0.1, -0.05) is 30.3 Å². The van der Waals surface area contributed by atoms with Gasteiger partial charge < -0.3 is 14.6 Å². The first-order chi connectivity index (χ1) is 10.5. The van der Waals surface area contributed by atoms with Crippen molar-refractivity contribution in [1.82, 2.24) is 15.2 Å². The highest BCUT2D eigenvalue weighted by Gasteiger charge is 2.20. The molecule has 1 aromatic carbocycles. The summed E-state index contributed by atoms with van der Waals surface area (Å²) in [6, 6.07) is 9.95. The molecule has 0 saturated heterocycles. The van der Waals surface area contributed by atoms with E-state index in [1.54, 1.807) is 11.1 Å². The van der Waals surface area contributed by atoms with Crippen molar-refractivity contribution in [3.8, 4) is 11.3 Å². The number of oxazole rings is 1. The molecule has 118 valence electrons. The van der Waals surface area contributed by atoms with Crippen molar-refractivity contribution in [3.63, 3.8) is 0 Å². The van der Waals surface area contributed by atoms with Crippen LogP contribution in [0.15, 0.2) is 40.9 Å². The average Bonchev–Trinajstić information content (AvgIpc) is 2.94. The molecule has 2 amide bonds. The Kier molecular flexibility index (Phi) is 5.20. The highest BCUT2D eigenvalue weighted by molar-refractivity contribution is 5.74. The number of hydrogen-bond acceptors (Lipinski definition) is 3. The molecule has 0 saturated carbocycles. The summed E-state index contributed by atoms with van der Waals surface area (Å²) in [5.74, 6) is 1.20. The standard InChI is InChI=1S/C17H23N3O2/c1-12(2)20(13(3)4)17(21)19-11-16-18-10-15(22-16)14-8-6-5-7-9-14/h5-10,12-13H,11H2,1-4H3,(H,19,21). The molecule has 0 fully saturated rings. The quantitative estimate of drug-likeness (QED) is 0.916. The van der Waals surface area contributed by atoms with Crippen molar-refractivity contribution < 1.29 is 9.21 Å². The van der Waals surface area contributed by atoms with Gasteiger partial charge in [-0.15, -0.1) is 0 Å². The van der Waals surface area contributed by atoms with Gasteiger partial charge in [0.2, 0.25) is 5.89 Å². The first-order valence-electron chi connectivity index (χ1n) is 7.55. The van der Waals surface area contributed by atoms with E-state index in [1.165, 1.54) is 0 Å². The van der Waals surface area contributed by atoms with Crippen molar-refractivity contribution in [2.24, 2.45) is 0 Å². The van der Waals surface area contributed by atoms with Gasteiger partial charge in [-0.05, 0) is 27.7 Å². The first kappa shape index (κ1) is 16.1. The van der Waals surface area contributed by atoms with Crippen molar-refractivity contribution in [1.29, 1.82) is 0 Å². The van der Waals surface area contributed by atoms with Crippen LogP contribution in [0.5, 0.6) is 0 Å². The van der Waals surface area contributed by atoms with Gasteiger partial charge in [0.25, 0.3) is 0 Å². The molecule has 1 N–H and O–H groups in total. The lowest BCUT2D eigenvalue weighted by atomic mass is 10.2. The minimum absolute atomic E-state index is 0.107. The molecule has 0 aliphatic rings. The van der Waals surface area contributed by atoms with Crippen LogP contribution in [-0.4, -0.2) is 28.0 Å². The van der Waals surface area contributed by atoms with Crippen molar-refractivity contribution >= 4 is 6.03 Å². The van der Waals surface area contributed by atoms with Gasteiger partial charge >= 0.3 is 6.03 Å². The maximum Gasteiger partial charge on any atom is 0.318 e. The Bertz CT molecular complexity index is 597. The Morgan fingerprint density at radius 1 is 1.18 bits per heavy atom. The van der Waals surface area contributed by atoms with Crippen LogP contribution in [0.25, 0.3) is 11.3 Å². The molecule has 0 spiro atoms. The maximum atomic E-state index is 12.2. The maximum absolute atomic E-state index is 12.2. The normalized spacial score (nSPS) is 11.0. The van der Waals surface area contributed by atoms with Gasteiger partial charge in [-0.2, -0.15) is 0 Å². The molecule has 0 aliphatic heterocycles. The van der Waals surface area contributed by atoms with E-state index in [-0.39, 0.29) is 24.7 Å². The first-order valence-corrected chi connectivity index (χ1v) is 7.55. The number of urea groups is 1. The zero-order valence-corrected chi connectivity index (χ0v) is 13.5.